The molecule has 3 aromatic rings. The second-order valence-electron chi connectivity index (χ2n) is 6.23. The van der Waals surface area contributed by atoms with E-state index in [1.807, 2.05) is 26.2 Å². The Balaban J connectivity index is 1.95. The minimum atomic E-state index is -0.451. The zero-order chi connectivity index (χ0) is 18.8. The molecule has 2 aromatic carbocycles. The van der Waals surface area contributed by atoms with E-state index in [4.69, 9.17) is 0 Å². The number of aryl methyl sites for hydroxylation is 1. The summed E-state index contributed by atoms with van der Waals surface area (Å²) in [6.07, 6.45) is 0. The van der Waals surface area contributed by atoms with Crippen molar-refractivity contribution in [2.45, 2.75) is 13.5 Å². The van der Waals surface area contributed by atoms with Crippen molar-refractivity contribution in [3.63, 3.8) is 0 Å². The van der Waals surface area contributed by atoms with Crippen LogP contribution in [0.4, 0.5) is 15.9 Å². The Kier molecular flexibility index (Phi) is 4.71. The molecule has 0 aliphatic carbocycles. The van der Waals surface area contributed by atoms with Crippen LogP contribution in [0.3, 0.4) is 0 Å². The summed E-state index contributed by atoms with van der Waals surface area (Å²) < 4.78 is 14.5. The molecule has 0 atom stereocenters. The normalized spacial score (nSPS) is 10.8. The Bertz CT molecular complexity index is 1040. The number of carbonyl (C=O) groups excluding carboxylic acids is 1. The fraction of sp³-hybridized carbons (Fsp3) is 0.211. The van der Waals surface area contributed by atoms with Crippen LogP contribution in [0.15, 0.2) is 47.3 Å². The zero-order valence-corrected chi connectivity index (χ0v) is 14.8. The van der Waals surface area contributed by atoms with Crippen molar-refractivity contribution in [2.75, 3.05) is 24.3 Å². The highest BCUT2D eigenvalue weighted by atomic mass is 19.1. The molecule has 0 spiro atoms. The number of aromatic nitrogens is 2. The molecular formula is C19H19FN4O2. The van der Waals surface area contributed by atoms with Crippen LogP contribution in [-0.2, 0) is 11.3 Å². The van der Waals surface area contributed by atoms with Crippen molar-refractivity contribution in [1.29, 1.82) is 0 Å². The topological polar surface area (TPSA) is 67.2 Å². The van der Waals surface area contributed by atoms with Gasteiger partial charge in [-0.25, -0.2) is 9.07 Å². The summed E-state index contributed by atoms with van der Waals surface area (Å²) in [6.45, 7) is 1.50. The fourth-order valence-electron chi connectivity index (χ4n) is 2.71. The zero-order valence-electron chi connectivity index (χ0n) is 14.8. The molecule has 0 fully saturated rings. The highest BCUT2D eigenvalue weighted by molar-refractivity contribution is 5.93. The molecule has 6 nitrogen and oxygen atoms in total. The molecule has 0 saturated heterocycles. The van der Waals surface area contributed by atoms with Gasteiger partial charge in [-0.1, -0.05) is 24.3 Å². The molecule has 134 valence electrons. The quantitative estimate of drug-likeness (QED) is 0.782. The Morgan fingerprint density at radius 2 is 1.88 bits per heavy atom. The number of fused-ring (bicyclic) bond motifs is 1. The molecule has 1 heterocycles. The van der Waals surface area contributed by atoms with Gasteiger partial charge >= 0.3 is 0 Å². The number of nitrogens with one attached hydrogen (secondary N) is 1. The Hall–Kier alpha value is -3.22. The summed E-state index contributed by atoms with van der Waals surface area (Å²) in [7, 11) is 3.64. The monoisotopic (exact) mass is 354 g/mol. The van der Waals surface area contributed by atoms with Crippen molar-refractivity contribution >= 4 is 28.2 Å². The van der Waals surface area contributed by atoms with Crippen LogP contribution < -0.4 is 15.8 Å². The average Bonchev–Trinajstić information content (AvgIpc) is 2.60. The van der Waals surface area contributed by atoms with Crippen LogP contribution in [0.1, 0.15) is 5.56 Å². The summed E-state index contributed by atoms with van der Waals surface area (Å²) in [5, 5.41) is 8.16. The molecule has 7 heteroatoms. The number of hydrogen-bond acceptors (Lipinski definition) is 4. The third-order valence-corrected chi connectivity index (χ3v) is 4.04. The molecule has 0 saturated carbocycles. The van der Waals surface area contributed by atoms with Gasteiger partial charge in [-0.15, -0.1) is 0 Å². The molecule has 0 aliphatic heterocycles. The minimum absolute atomic E-state index is 0.263. The lowest BCUT2D eigenvalue weighted by molar-refractivity contribution is -0.117. The third-order valence-electron chi connectivity index (χ3n) is 4.04. The Morgan fingerprint density at radius 1 is 1.19 bits per heavy atom. The smallest absolute Gasteiger partial charge is 0.275 e. The van der Waals surface area contributed by atoms with Crippen LogP contribution in [0.5, 0.6) is 0 Å². The largest absolute Gasteiger partial charge is 0.361 e. The molecule has 0 radical (unpaired) electrons. The minimum Gasteiger partial charge on any atom is -0.361 e. The van der Waals surface area contributed by atoms with E-state index >= 15 is 0 Å². The van der Waals surface area contributed by atoms with Crippen molar-refractivity contribution in [3.8, 4) is 0 Å². The number of hydrogen-bond donors (Lipinski definition) is 1. The Morgan fingerprint density at radius 3 is 2.58 bits per heavy atom. The first-order valence-electron chi connectivity index (χ1n) is 8.10. The SMILES string of the molecule is Cc1ccc(F)cc1NC(=O)Cn1nc(N(C)C)c2ccccc2c1=O. The van der Waals surface area contributed by atoms with E-state index < -0.39 is 11.7 Å². The van der Waals surface area contributed by atoms with Crippen molar-refractivity contribution in [1.82, 2.24) is 9.78 Å². The lowest BCUT2D eigenvalue weighted by Crippen LogP contribution is -2.31. The summed E-state index contributed by atoms with van der Waals surface area (Å²) in [5.74, 6) is -0.301. The maximum absolute atomic E-state index is 13.4. The molecule has 0 bridgehead atoms. The summed E-state index contributed by atoms with van der Waals surface area (Å²) in [5.41, 5.74) is 0.751. The van der Waals surface area contributed by atoms with Gasteiger partial charge < -0.3 is 10.2 Å². The molecule has 26 heavy (non-hydrogen) atoms. The standard InChI is InChI=1S/C19H19FN4O2/c1-12-8-9-13(20)10-16(12)21-17(25)11-24-19(26)15-7-5-4-6-14(15)18(22-24)23(2)3/h4-10H,11H2,1-3H3,(H,21,25). The fourth-order valence-corrected chi connectivity index (χ4v) is 2.71. The Labute approximate surface area is 149 Å². The molecular weight excluding hydrogens is 335 g/mol. The number of halogens is 1. The average molecular weight is 354 g/mol. The van der Waals surface area contributed by atoms with Gasteiger partial charge in [0.15, 0.2) is 5.82 Å². The van der Waals surface area contributed by atoms with E-state index in [0.717, 1.165) is 15.6 Å². The van der Waals surface area contributed by atoms with Crippen LogP contribution in [0.25, 0.3) is 10.8 Å². The lowest BCUT2D eigenvalue weighted by atomic mass is 10.2. The van der Waals surface area contributed by atoms with Gasteiger partial charge in [-0.2, -0.15) is 5.10 Å². The number of anilines is 2. The highest BCUT2D eigenvalue weighted by Gasteiger charge is 2.14. The third kappa shape index (κ3) is 3.42. The van der Waals surface area contributed by atoms with E-state index in [0.29, 0.717) is 16.9 Å². The van der Waals surface area contributed by atoms with Crippen LogP contribution in [0, 0.1) is 12.7 Å². The number of nitrogens with zero attached hydrogens (tertiary/aromatic N) is 3. The van der Waals surface area contributed by atoms with Gasteiger partial charge in [0.05, 0.1) is 5.39 Å². The lowest BCUT2D eigenvalue weighted by Gasteiger charge is -2.16. The molecule has 0 unspecified atom stereocenters. The maximum Gasteiger partial charge on any atom is 0.275 e. The summed E-state index contributed by atoms with van der Waals surface area (Å²) in [4.78, 5) is 26.8. The van der Waals surface area contributed by atoms with E-state index in [1.54, 1.807) is 30.0 Å². The maximum atomic E-state index is 13.4. The van der Waals surface area contributed by atoms with E-state index in [9.17, 15) is 14.0 Å². The van der Waals surface area contributed by atoms with Crippen molar-refractivity contribution in [2.24, 2.45) is 0 Å². The molecule has 0 aliphatic rings. The summed E-state index contributed by atoms with van der Waals surface area (Å²) >= 11 is 0. The van der Waals surface area contributed by atoms with Gasteiger partial charge in [0.1, 0.15) is 12.4 Å². The molecule has 3 rings (SSSR count). The predicted octanol–water partition coefficient (Wildman–Crippen LogP) is 2.55. The number of carbonyl (C=O) groups is 1. The number of amides is 1. The van der Waals surface area contributed by atoms with Gasteiger partial charge in [0.2, 0.25) is 5.91 Å². The van der Waals surface area contributed by atoms with Gasteiger partial charge in [0.25, 0.3) is 5.56 Å². The summed E-state index contributed by atoms with van der Waals surface area (Å²) in [6, 6.07) is 11.3. The molecule has 1 aromatic heterocycles. The first kappa shape index (κ1) is 17.6. The van der Waals surface area contributed by atoms with Crippen LogP contribution in [-0.4, -0.2) is 29.8 Å². The van der Waals surface area contributed by atoms with Crippen LogP contribution in [0.2, 0.25) is 0 Å². The number of benzene rings is 2. The second kappa shape index (κ2) is 6.95. The van der Waals surface area contributed by atoms with E-state index in [1.165, 1.54) is 12.1 Å². The molecule has 1 amide bonds. The van der Waals surface area contributed by atoms with Gasteiger partial charge in [-0.3, -0.25) is 9.59 Å². The van der Waals surface area contributed by atoms with Gasteiger partial charge in [-0.05, 0) is 30.7 Å². The predicted molar refractivity (Wildman–Crippen MR) is 100 cm³/mol. The van der Waals surface area contributed by atoms with Gasteiger partial charge in [0, 0.05) is 25.2 Å². The molecule has 1 N–H and O–H groups in total. The second-order valence-corrected chi connectivity index (χ2v) is 6.23. The van der Waals surface area contributed by atoms with Crippen molar-refractivity contribution in [3.05, 3.63) is 64.2 Å². The first-order valence-corrected chi connectivity index (χ1v) is 8.10. The highest BCUT2D eigenvalue weighted by Crippen LogP contribution is 2.20. The van der Waals surface area contributed by atoms with Crippen molar-refractivity contribution < 1.29 is 9.18 Å². The number of rotatable bonds is 4. The van der Waals surface area contributed by atoms with E-state index in [2.05, 4.69) is 10.4 Å². The first-order chi connectivity index (χ1) is 12.4. The van der Waals surface area contributed by atoms with Crippen LogP contribution >= 0.6 is 0 Å². The van der Waals surface area contributed by atoms with E-state index in [-0.39, 0.29) is 12.1 Å².